The van der Waals surface area contributed by atoms with Crippen LogP contribution in [0.1, 0.15) is 393 Å². The van der Waals surface area contributed by atoms with Crippen LogP contribution in [-0.2, 0) is 28.6 Å². The van der Waals surface area contributed by atoms with Crippen LogP contribution in [0.5, 0.6) is 0 Å². The van der Waals surface area contributed by atoms with Crippen LogP contribution < -0.4 is 0 Å². The number of carbonyl (C=O) groups is 3. The third-order valence-corrected chi connectivity index (χ3v) is 15.9. The topological polar surface area (TPSA) is 78.9 Å². The lowest BCUT2D eigenvalue weighted by Crippen LogP contribution is -2.30. The van der Waals surface area contributed by atoms with Gasteiger partial charge in [0.2, 0.25) is 0 Å². The highest BCUT2D eigenvalue weighted by molar-refractivity contribution is 5.71. The lowest BCUT2D eigenvalue weighted by molar-refractivity contribution is -0.167. The minimum atomic E-state index is -0.771. The summed E-state index contributed by atoms with van der Waals surface area (Å²) >= 11 is 0. The van der Waals surface area contributed by atoms with Crippen LogP contribution in [0.2, 0.25) is 0 Å². The van der Waals surface area contributed by atoms with Crippen LogP contribution in [0.4, 0.5) is 0 Å². The van der Waals surface area contributed by atoms with Gasteiger partial charge in [0.1, 0.15) is 13.2 Å². The van der Waals surface area contributed by atoms with E-state index in [9.17, 15) is 14.4 Å². The Labute approximate surface area is 481 Å². The van der Waals surface area contributed by atoms with E-state index in [0.29, 0.717) is 19.3 Å². The zero-order valence-electron chi connectivity index (χ0n) is 52.3. The number of esters is 3. The molecular formula is C71H134O6. The highest BCUT2D eigenvalue weighted by Gasteiger charge is 2.19. The molecule has 454 valence electrons. The fourth-order valence-electron chi connectivity index (χ4n) is 10.7. The zero-order valence-corrected chi connectivity index (χ0v) is 52.3. The van der Waals surface area contributed by atoms with E-state index < -0.39 is 6.10 Å². The summed E-state index contributed by atoms with van der Waals surface area (Å²) in [5, 5.41) is 0. The number of ether oxygens (including phenoxy) is 3. The Balaban J connectivity index is 4.03. The molecule has 1 unspecified atom stereocenters. The summed E-state index contributed by atoms with van der Waals surface area (Å²) in [6.45, 7) is 6.68. The normalized spacial score (nSPS) is 12.1. The molecule has 0 saturated heterocycles. The summed E-state index contributed by atoms with van der Waals surface area (Å²) in [5.74, 6) is -0.851. The summed E-state index contributed by atoms with van der Waals surface area (Å²) in [7, 11) is 0. The van der Waals surface area contributed by atoms with E-state index in [2.05, 4.69) is 45.1 Å². The molecule has 0 aliphatic rings. The first-order valence-corrected chi connectivity index (χ1v) is 34.8. The number of allylic oxidation sites excluding steroid dienone is 4. The van der Waals surface area contributed by atoms with E-state index in [4.69, 9.17) is 14.2 Å². The Hall–Kier alpha value is -2.11. The largest absolute Gasteiger partial charge is 0.462 e. The average molecular weight is 1080 g/mol. The molecular weight excluding hydrogens is 949 g/mol. The van der Waals surface area contributed by atoms with Gasteiger partial charge < -0.3 is 14.2 Å². The molecule has 77 heavy (non-hydrogen) atoms. The van der Waals surface area contributed by atoms with Crippen molar-refractivity contribution in [3.63, 3.8) is 0 Å². The first kappa shape index (κ1) is 74.9. The van der Waals surface area contributed by atoms with Gasteiger partial charge in [-0.25, -0.2) is 0 Å². The third kappa shape index (κ3) is 64.6. The van der Waals surface area contributed by atoms with Crippen molar-refractivity contribution in [1.29, 1.82) is 0 Å². The highest BCUT2D eigenvalue weighted by atomic mass is 16.6. The second-order valence-electron chi connectivity index (χ2n) is 23.8. The molecule has 0 heterocycles. The second-order valence-corrected chi connectivity index (χ2v) is 23.8. The maximum absolute atomic E-state index is 12.9. The Morgan fingerprint density at radius 2 is 0.429 bits per heavy atom. The van der Waals surface area contributed by atoms with Gasteiger partial charge in [-0.1, -0.05) is 328 Å². The maximum Gasteiger partial charge on any atom is 0.306 e. The monoisotopic (exact) mass is 1080 g/mol. The molecule has 0 aromatic carbocycles. The second kappa shape index (κ2) is 66.4. The molecule has 0 aromatic heterocycles. The third-order valence-electron chi connectivity index (χ3n) is 15.9. The molecule has 0 bridgehead atoms. The van der Waals surface area contributed by atoms with Crippen molar-refractivity contribution in [1.82, 2.24) is 0 Å². The molecule has 0 aliphatic carbocycles. The lowest BCUT2D eigenvalue weighted by atomic mass is 10.0. The summed E-state index contributed by atoms with van der Waals surface area (Å²) < 4.78 is 16.9. The Bertz CT molecular complexity index is 1240. The molecule has 0 saturated carbocycles. The number of hydrogen-bond acceptors (Lipinski definition) is 6. The smallest absolute Gasteiger partial charge is 0.306 e. The Morgan fingerprint density at radius 3 is 0.649 bits per heavy atom. The number of carbonyl (C=O) groups excluding carboxylic acids is 3. The zero-order chi connectivity index (χ0) is 55.7. The van der Waals surface area contributed by atoms with Gasteiger partial charge in [-0.15, -0.1) is 0 Å². The van der Waals surface area contributed by atoms with E-state index in [1.54, 1.807) is 0 Å². The lowest BCUT2D eigenvalue weighted by Gasteiger charge is -2.18. The van der Waals surface area contributed by atoms with Crippen molar-refractivity contribution >= 4 is 17.9 Å². The van der Waals surface area contributed by atoms with Gasteiger partial charge in [0.15, 0.2) is 6.10 Å². The standard InChI is InChI=1S/C71H134O6/c1-4-7-10-13-16-19-22-24-26-27-28-29-30-31-32-33-34-35-36-37-38-39-40-41-42-43-45-46-49-52-55-58-61-64-70(73)76-67-68(66-75-69(72)63-60-57-54-51-48-21-18-15-12-9-6-3)77-71(74)65-62-59-56-53-50-47-44-25-23-20-17-14-11-8-5-2/h25,27-28,44,68H,4-24,26,29-43,45-67H2,1-3H3/b28-27-,44-25-. The number of rotatable bonds is 65. The molecule has 0 aromatic rings. The summed E-state index contributed by atoms with van der Waals surface area (Å²) in [5.41, 5.74) is 0. The minimum absolute atomic E-state index is 0.0685. The van der Waals surface area contributed by atoms with Gasteiger partial charge in [0.05, 0.1) is 0 Å². The van der Waals surface area contributed by atoms with E-state index in [-0.39, 0.29) is 31.1 Å². The quantitative estimate of drug-likeness (QED) is 0.0261. The fourth-order valence-corrected chi connectivity index (χ4v) is 10.7. The van der Waals surface area contributed by atoms with Crippen LogP contribution in [0.15, 0.2) is 24.3 Å². The molecule has 1 atom stereocenters. The molecule has 0 N–H and O–H groups in total. The molecule has 0 rings (SSSR count). The predicted molar refractivity (Wildman–Crippen MR) is 335 cm³/mol. The van der Waals surface area contributed by atoms with Gasteiger partial charge in [-0.05, 0) is 70.6 Å². The summed E-state index contributed by atoms with van der Waals surface area (Å²) in [6.07, 6.45) is 80.8. The highest BCUT2D eigenvalue weighted by Crippen LogP contribution is 2.18. The van der Waals surface area contributed by atoms with E-state index in [0.717, 1.165) is 64.2 Å². The molecule has 0 aliphatic heterocycles. The van der Waals surface area contributed by atoms with Crippen molar-refractivity contribution in [2.24, 2.45) is 0 Å². The Morgan fingerprint density at radius 1 is 0.247 bits per heavy atom. The SMILES string of the molecule is CCCCCCCC/C=C\CCCCCCCC(=O)OC(COC(=O)CCCCCCCCCCCCC)COC(=O)CCCCCCCCCCCCCCCCCCCCCCC/C=C\CCCCCCCCCC. The molecule has 0 spiro atoms. The van der Waals surface area contributed by atoms with Crippen LogP contribution in [0.25, 0.3) is 0 Å². The van der Waals surface area contributed by atoms with Gasteiger partial charge in [-0.2, -0.15) is 0 Å². The van der Waals surface area contributed by atoms with Crippen molar-refractivity contribution in [2.45, 2.75) is 399 Å². The first-order chi connectivity index (χ1) is 38.0. The van der Waals surface area contributed by atoms with Crippen molar-refractivity contribution in [2.75, 3.05) is 13.2 Å². The molecule has 0 radical (unpaired) electrons. The van der Waals surface area contributed by atoms with Crippen molar-refractivity contribution in [3.8, 4) is 0 Å². The van der Waals surface area contributed by atoms with Crippen molar-refractivity contribution < 1.29 is 28.6 Å². The van der Waals surface area contributed by atoms with Crippen LogP contribution >= 0.6 is 0 Å². The minimum Gasteiger partial charge on any atom is -0.462 e. The van der Waals surface area contributed by atoms with Crippen molar-refractivity contribution in [3.05, 3.63) is 24.3 Å². The molecule has 6 heteroatoms. The van der Waals surface area contributed by atoms with E-state index in [1.807, 2.05) is 0 Å². The molecule has 0 amide bonds. The van der Waals surface area contributed by atoms with Gasteiger partial charge >= 0.3 is 17.9 Å². The summed E-state index contributed by atoms with van der Waals surface area (Å²) in [4.78, 5) is 38.2. The molecule has 6 nitrogen and oxygen atoms in total. The maximum atomic E-state index is 12.9. The van der Waals surface area contributed by atoms with E-state index >= 15 is 0 Å². The van der Waals surface area contributed by atoms with Crippen LogP contribution in [0.3, 0.4) is 0 Å². The Kier molecular flexibility index (Phi) is 64.6. The number of hydrogen-bond donors (Lipinski definition) is 0. The van der Waals surface area contributed by atoms with Gasteiger partial charge in [-0.3, -0.25) is 14.4 Å². The predicted octanol–water partition coefficient (Wildman–Crippen LogP) is 23.8. The van der Waals surface area contributed by atoms with E-state index in [1.165, 1.54) is 289 Å². The van der Waals surface area contributed by atoms with Crippen LogP contribution in [-0.4, -0.2) is 37.2 Å². The van der Waals surface area contributed by atoms with Crippen LogP contribution in [0, 0.1) is 0 Å². The summed E-state index contributed by atoms with van der Waals surface area (Å²) in [6, 6.07) is 0. The fraction of sp³-hybridized carbons (Fsp3) is 0.901. The average Bonchev–Trinajstić information content (AvgIpc) is 3.43. The van der Waals surface area contributed by atoms with Gasteiger partial charge in [0, 0.05) is 19.3 Å². The van der Waals surface area contributed by atoms with Gasteiger partial charge in [0.25, 0.3) is 0 Å². The number of unbranched alkanes of at least 4 members (excludes halogenated alkanes) is 50. The molecule has 0 fully saturated rings. The first-order valence-electron chi connectivity index (χ1n) is 34.8.